The molecule has 0 radical (unpaired) electrons. The number of aryl methyl sites for hydroxylation is 1. The van der Waals surface area contributed by atoms with Crippen molar-refractivity contribution < 1.29 is 18.0 Å². The maximum Gasteiger partial charge on any atom is 0.264 e. The molecule has 4 aromatic rings. The monoisotopic (exact) mass is 701 g/mol. The molecule has 4 aromatic carbocycles. The minimum atomic E-state index is -4.19. The largest absolute Gasteiger partial charge is 0.357 e. The molecule has 0 unspecified atom stereocenters. The van der Waals surface area contributed by atoms with E-state index in [1.54, 1.807) is 54.6 Å². The zero-order valence-corrected chi connectivity index (χ0v) is 27.4. The number of anilines is 1. The second kappa shape index (κ2) is 14.4. The van der Waals surface area contributed by atoms with E-state index in [1.165, 1.54) is 24.1 Å². The fourth-order valence-corrected chi connectivity index (χ4v) is 6.74. The van der Waals surface area contributed by atoms with Crippen molar-refractivity contribution in [2.45, 2.75) is 30.8 Å². The molecule has 0 bridgehead atoms. The molecule has 4 rings (SSSR count). The Bertz CT molecular complexity index is 1670. The first kappa shape index (κ1) is 32.5. The lowest BCUT2D eigenvalue weighted by atomic mass is 10.0. The number of sulfonamides is 1. The number of halogens is 3. The Balaban J connectivity index is 1.81. The Morgan fingerprint density at radius 1 is 0.860 bits per heavy atom. The van der Waals surface area contributed by atoms with Gasteiger partial charge in [-0.05, 0) is 61.0 Å². The van der Waals surface area contributed by atoms with Gasteiger partial charge in [-0.15, -0.1) is 0 Å². The number of amides is 2. The lowest BCUT2D eigenvalue weighted by Crippen LogP contribution is -2.53. The van der Waals surface area contributed by atoms with Crippen molar-refractivity contribution >= 4 is 66.7 Å². The average Bonchev–Trinajstić information content (AvgIpc) is 2.99. The first-order valence-electron chi connectivity index (χ1n) is 13.3. The zero-order valence-electron chi connectivity index (χ0n) is 23.5. The van der Waals surface area contributed by atoms with Crippen molar-refractivity contribution in [2.24, 2.45) is 0 Å². The predicted octanol–water partition coefficient (Wildman–Crippen LogP) is 6.65. The second-order valence-electron chi connectivity index (χ2n) is 9.84. The number of likely N-dealkylation sites (N-methyl/N-ethyl adjacent to an activating group) is 1. The van der Waals surface area contributed by atoms with Gasteiger partial charge in [-0.1, -0.05) is 93.2 Å². The van der Waals surface area contributed by atoms with Crippen LogP contribution in [-0.2, 0) is 32.6 Å². The van der Waals surface area contributed by atoms with E-state index in [0.717, 1.165) is 19.9 Å². The van der Waals surface area contributed by atoms with Crippen LogP contribution in [0.5, 0.6) is 0 Å². The highest BCUT2D eigenvalue weighted by molar-refractivity contribution is 9.10. The summed E-state index contributed by atoms with van der Waals surface area (Å²) in [6, 6.07) is 26.3. The molecule has 1 atom stereocenters. The standard InChI is InChI=1S/C32H30BrCl2N3O4S/c1-22-11-17-26(18-12-22)43(41,42)38(25-15-13-24(33)14-16-25)21-31(39)37(20-27-28(34)9-6-10-29(27)35)30(32(40)36-2)19-23-7-4-3-5-8-23/h3-18,30H,19-21H2,1-2H3,(H,36,40)/t30-/m0/s1. The van der Waals surface area contributed by atoms with Crippen LogP contribution in [0.3, 0.4) is 0 Å². The highest BCUT2D eigenvalue weighted by Gasteiger charge is 2.35. The molecular weight excluding hydrogens is 673 g/mol. The summed E-state index contributed by atoms with van der Waals surface area (Å²) in [6.45, 7) is 1.15. The zero-order chi connectivity index (χ0) is 31.1. The molecule has 0 fully saturated rings. The molecule has 224 valence electrons. The van der Waals surface area contributed by atoms with E-state index in [9.17, 15) is 18.0 Å². The van der Waals surface area contributed by atoms with Crippen molar-refractivity contribution in [1.29, 1.82) is 0 Å². The lowest BCUT2D eigenvalue weighted by molar-refractivity contribution is -0.139. The number of carbonyl (C=O) groups excluding carboxylic acids is 2. The minimum absolute atomic E-state index is 0.0293. The first-order valence-corrected chi connectivity index (χ1v) is 16.3. The molecule has 0 heterocycles. The molecule has 0 saturated heterocycles. The maximum absolute atomic E-state index is 14.3. The SMILES string of the molecule is CNC(=O)[C@H](Cc1ccccc1)N(Cc1c(Cl)cccc1Cl)C(=O)CN(c1ccc(Br)cc1)S(=O)(=O)c1ccc(C)cc1. The number of hydrogen-bond donors (Lipinski definition) is 1. The molecule has 7 nitrogen and oxygen atoms in total. The summed E-state index contributed by atoms with van der Waals surface area (Å²) in [7, 11) is -2.71. The van der Waals surface area contributed by atoms with Gasteiger partial charge in [-0.25, -0.2) is 8.42 Å². The Hall–Kier alpha value is -3.37. The number of carbonyl (C=O) groups is 2. The maximum atomic E-state index is 14.3. The molecule has 0 aliphatic carbocycles. The highest BCUT2D eigenvalue weighted by atomic mass is 79.9. The van der Waals surface area contributed by atoms with E-state index in [2.05, 4.69) is 21.2 Å². The molecule has 0 aliphatic rings. The van der Waals surface area contributed by atoms with E-state index in [0.29, 0.717) is 15.6 Å². The average molecular weight is 703 g/mol. The topological polar surface area (TPSA) is 86.8 Å². The third kappa shape index (κ3) is 7.97. The lowest BCUT2D eigenvalue weighted by Gasteiger charge is -2.34. The normalized spacial score (nSPS) is 11.9. The molecule has 43 heavy (non-hydrogen) atoms. The molecule has 0 aliphatic heterocycles. The van der Waals surface area contributed by atoms with Crippen LogP contribution in [0, 0.1) is 6.92 Å². The van der Waals surface area contributed by atoms with Crippen molar-refractivity contribution in [1.82, 2.24) is 10.2 Å². The van der Waals surface area contributed by atoms with Gasteiger partial charge < -0.3 is 10.2 Å². The third-order valence-electron chi connectivity index (χ3n) is 6.91. The van der Waals surface area contributed by atoms with Gasteiger partial charge in [-0.3, -0.25) is 13.9 Å². The summed E-state index contributed by atoms with van der Waals surface area (Å²) >= 11 is 16.4. The summed E-state index contributed by atoms with van der Waals surface area (Å²) in [5.74, 6) is -1.03. The quantitative estimate of drug-likeness (QED) is 0.190. The summed E-state index contributed by atoms with van der Waals surface area (Å²) in [4.78, 5) is 29.1. The van der Waals surface area contributed by atoms with Crippen molar-refractivity contribution in [3.8, 4) is 0 Å². The van der Waals surface area contributed by atoms with E-state index >= 15 is 0 Å². The van der Waals surface area contributed by atoms with Crippen LogP contribution in [0.1, 0.15) is 16.7 Å². The van der Waals surface area contributed by atoms with E-state index in [-0.39, 0.29) is 23.5 Å². The number of rotatable bonds is 11. The summed E-state index contributed by atoms with van der Waals surface area (Å²) in [6.07, 6.45) is 0.178. The van der Waals surface area contributed by atoms with Gasteiger partial charge in [-0.2, -0.15) is 0 Å². The van der Waals surface area contributed by atoms with Crippen LogP contribution in [-0.4, -0.2) is 44.8 Å². The Labute approximate surface area is 270 Å². The van der Waals surface area contributed by atoms with Crippen molar-refractivity contribution in [3.05, 3.63) is 128 Å². The van der Waals surface area contributed by atoms with Crippen LogP contribution in [0.2, 0.25) is 10.0 Å². The van der Waals surface area contributed by atoms with Gasteiger partial charge in [0, 0.05) is 40.1 Å². The van der Waals surface area contributed by atoms with Gasteiger partial charge in [0.05, 0.1) is 10.6 Å². The Morgan fingerprint density at radius 2 is 1.47 bits per heavy atom. The van der Waals surface area contributed by atoms with E-state index < -0.39 is 34.4 Å². The van der Waals surface area contributed by atoms with Crippen molar-refractivity contribution in [3.63, 3.8) is 0 Å². The number of benzene rings is 4. The highest BCUT2D eigenvalue weighted by Crippen LogP contribution is 2.29. The summed E-state index contributed by atoms with van der Waals surface area (Å²) in [5, 5.41) is 3.29. The first-order chi connectivity index (χ1) is 20.5. The molecule has 2 amide bonds. The minimum Gasteiger partial charge on any atom is -0.357 e. The van der Waals surface area contributed by atoms with Gasteiger partial charge in [0.25, 0.3) is 10.0 Å². The summed E-state index contributed by atoms with van der Waals surface area (Å²) < 4.78 is 29.8. The van der Waals surface area contributed by atoms with Crippen LogP contribution in [0.15, 0.2) is 106 Å². The molecule has 1 N–H and O–H groups in total. The van der Waals surface area contributed by atoms with E-state index in [4.69, 9.17) is 23.2 Å². The number of nitrogens with one attached hydrogen (secondary N) is 1. The van der Waals surface area contributed by atoms with E-state index in [1.807, 2.05) is 37.3 Å². The van der Waals surface area contributed by atoms with Crippen molar-refractivity contribution in [2.75, 3.05) is 17.9 Å². The second-order valence-corrected chi connectivity index (χ2v) is 13.4. The number of nitrogens with zero attached hydrogens (tertiary/aromatic N) is 2. The van der Waals surface area contributed by atoms with Crippen LogP contribution >= 0.6 is 39.1 Å². The fraction of sp³-hybridized carbons (Fsp3) is 0.188. The Morgan fingerprint density at radius 3 is 2.05 bits per heavy atom. The smallest absolute Gasteiger partial charge is 0.264 e. The molecule has 11 heteroatoms. The van der Waals surface area contributed by atoms with Gasteiger partial charge >= 0.3 is 0 Å². The molecule has 0 aromatic heterocycles. The fourth-order valence-electron chi connectivity index (χ4n) is 4.55. The third-order valence-corrected chi connectivity index (χ3v) is 9.94. The van der Waals surface area contributed by atoms with Crippen LogP contribution in [0.4, 0.5) is 5.69 Å². The predicted molar refractivity (Wildman–Crippen MR) is 175 cm³/mol. The summed E-state index contributed by atoms with van der Waals surface area (Å²) in [5.41, 5.74) is 2.43. The van der Waals surface area contributed by atoms with Crippen LogP contribution in [0.25, 0.3) is 0 Å². The number of hydrogen-bond acceptors (Lipinski definition) is 4. The Kier molecular flexibility index (Phi) is 10.9. The molecule has 0 saturated carbocycles. The van der Waals surface area contributed by atoms with Gasteiger partial charge in [0.1, 0.15) is 12.6 Å². The molecule has 0 spiro atoms. The van der Waals surface area contributed by atoms with Gasteiger partial charge in [0.2, 0.25) is 11.8 Å². The molecular formula is C32H30BrCl2N3O4S. The van der Waals surface area contributed by atoms with Crippen LogP contribution < -0.4 is 9.62 Å². The van der Waals surface area contributed by atoms with Gasteiger partial charge in [0.15, 0.2) is 0 Å².